The normalized spacial score (nSPS) is 10.9. The molecule has 0 radical (unpaired) electrons. The molecule has 0 fully saturated rings. The summed E-state index contributed by atoms with van der Waals surface area (Å²) in [6.45, 7) is -3.01. The second-order valence-electron chi connectivity index (χ2n) is 4.44. The summed E-state index contributed by atoms with van der Waals surface area (Å²) in [4.78, 5) is 15.8. The molecule has 0 aliphatic rings. The predicted octanol–water partition coefficient (Wildman–Crippen LogP) is 4.00. The zero-order chi connectivity index (χ0) is 17.5. The summed E-state index contributed by atoms with van der Waals surface area (Å²) in [6.07, 6.45) is 3.90. The van der Waals surface area contributed by atoms with Crippen LogP contribution in [0.4, 0.5) is 14.6 Å². The number of pyridine rings is 1. The Labute approximate surface area is 141 Å². The highest BCUT2D eigenvalue weighted by Crippen LogP contribution is 2.33. The van der Waals surface area contributed by atoms with Crippen LogP contribution in [-0.4, -0.2) is 24.6 Å². The summed E-state index contributed by atoms with van der Waals surface area (Å²) in [5.74, 6) is -0.194. The van der Waals surface area contributed by atoms with E-state index in [1.54, 1.807) is 12.1 Å². The van der Waals surface area contributed by atoms with Crippen molar-refractivity contribution < 1.29 is 23.0 Å². The zero-order valence-electron chi connectivity index (χ0n) is 12.5. The molecule has 0 unspecified atom stereocenters. The maximum absolute atomic E-state index is 12.5. The number of methoxy groups -OCH3 is 1. The molecule has 0 saturated heterocycles. The number of halogens is 3. The first-order valence-electron chi connectivity index (χ1n) is 6.72. The first-order valence-corrected chi connectivity index (χ1v) is 7.10. The van der Waals surface area contributed by atoms with Gasteiger partial charge in [0.15, 0.2) is 11.5 Å². The number of carbonyl (C=O) groups is 1. The molecule has 1 aromatic heterocycles. The van der Waals surface area contributed by atoms with Gasteiger partial charge in [-0.2, -0.15) is 8.78 Å². The second-order valence-corrected chi connectivity index (χ2v) is 4.88. The molecule has 2 rings (SSSR count). The Hall–Kier alpha value is -2.67. The van der Waals surface area contributed by atoms with Gasteiger partial charge < -0.3 is 14.8 Å². The van der Waals surface area contributed by atoms with Gasteiger partial charge in [-0.15, -0.1) is 0 Å². The monoisotopic (exact) mass is 354 g/mol. The molecule has 5 nitrogen and oxygen atoms in total. The van der Waals surface area contributed by atoms with Crippen LogP contribution in [0.25, 0.3) is 6.08 Å². The van der Waals surface area contributed by atoms with Gasteiger partial charge >= 0.3 is 6.61 Å². The summed E-state index contributed by atoms with van der Waals surface area (Å²) in [6, 6.07) is 7.70. The van der Waals surface area contributed by atoms with Crippen LogP contribution in [0, 0.1) is 0 Å². The molecule has 126 valence electrons. The lowest BCUT2D eigenvalue weighted by atomic mass is 10.1. The topological polar surface area (TPSA) is 60.5 Å². The number of nitrogens with one attached hydrogen (secondary N) is 1. The van der Waals surface area contributed by atoms with E-state index in [1.807, 2.05) is 0 Å². The first-order chi connectivity index (χ1) is 11.5. The third-order valence-electron chi connectivity index (χ3n) is 2.83. The summed E-state index contributed by atoms with van der Waals surface area (Å²) >= 11 is 5.70. The molecule has 8 heteroatoms. The highest BCUT2D eigenvalue weighted by Gasteiger charge is 2.14. The average molecular weight is 355 g/mol. The molecule has 0 atom stereocenters. The Kier molecular flexibility index (Phi) is 6.08. The van der Waals surface area contributed by atoms with Crippen molar-refractivity contribution in [1.29, 1.82) is 0 Å². The van der Waals surface area contributed by atoms with Gasteiger partial charge in [0.1, 0.15) is 5.82 Å². The molecule has 0 spiro atoms. The molecule has 1 aromatic carbocycles. The van der Waals surface area contributed by atoms with Crippen molar-refractivity contribution in [3.05, 3.63) is 53.2 Å². The lowest BCUT2D eigenvalue weighted by Crippen LogP contribution is -2.09. The van der Waals surface area contributed by atoms with Gasteiger partial charge in [0.2, 0.25) is 5.91 Å². The number of rotatable bonds is 6. The maximum Gasteiger partial charge on any atom is 0.387 e. The van der Waals surface area contributed by atoms with E-state index >= 15 is 0 Å². The molecule has 0 aliphatic heterocycles. The number of para-hydroxylation sites is 1. The summed E-state index contributed by atoms with van der Waals surface area (Å²) in [7, 11) is 1.33. The number of aromatic nitrogens is 1. The molecule has 1 heterocycles. The number of hydrogen-bond donors (Lipinski definition) is 1. The Morgan fingerprint density at radius 2 is 2.12 bits per heavy atom. The molecular formula is C16H13ClF2N2O3. The fourth-order valence-electron chi connectivity index (χ4n) is 1.82. The van der Waals surface area contributed by atoms with Crippen LogP contribution in [0.3, 0.4) is 0 Å². The van der Waals surface area contributed by atoms with Crippen LogP contribution in [0.2, 0.25) is 5.02 Å². The van der Waals surface area contributed by atoms with Crippen molar-refractivity contribution in [2.75, 3.05) is 12.4 Å². The van der Waals surface area contributed by atoms with E-state index in [2.05, 4.69) is 15.0 Å². The van der Waals surface area contributed by atoms with Crippen molar-refractivity contribution in [1.82, 2.24) is 4.98 Å². The summed E-state index contributed by atoms with van der Waals surface area (Å²) in [5, 5.41) is 2.95. The molecule has 1 amide bonds. The van der Waals surface area contributed by atoms with Crippen LogP contribution < -0.4 is 14.8 Å². The van der Waals surface area contributed by atoms with E-state index in [-0.39, 0.29) is 17.1 Å². The number of hydrogen-bond acceptors (Lipinski definition) is 4. The van der Waals surface area contributed by atoms with E-state index in [1.165, 1.54) is 43.7 Å². The van der Waals surface area contributed by atoms with E-state index in [4.69, 9.17) is 16.3 Å². The van der Waals surface area contributed by atoms with Crippen LogP contribution in [0.1, 0.15) is 5.56 Å². The van der Waals surface area contributed by atoms with E-state index < -0.39 is 12.5 Å². The SMILES string of the molecule is COc1cccc(/C=C/C(=O)Nc2ccc(Cl)cn2)c1OC(F)F. The molecule has 1 N–H and O–H groups in total. The minimum absolute atomic E-state index is 0.136. The lowest BCUT2D eigenvalue weighted by molar-refractivity contribution is -0.111. The standard InChI is InChI=1S/C16H13ClF2N2O3/c1-23-12-4-2-3-10(15(12)24-16(18)19)5-8-14(22)21-13-7-6-11(17)9-20-13/h2-9,16H,1H3,(H,20,21,22)/b8-5+. The number of ether oxygens (including phenoxy) is 2. The van der Waals surface area contributed by atoms with E-state index in [0.29, 0.717) is 10.8 Å². The minimum Gasteiger partial charge on any atom is -0.493 e. The molecule has 0 aliphatic carbocycles. The largest absolute Gasteiger partial charge is 0.493 e. The van der Waals surface area contributed by atoms with Gasteiger partial charge in [0.25, 0.3) is 0 Å². The van der Waals surface area contributed by atoms with Gasteiger partial charge in [-0.1, -0.05) is 23.7 Å². The maximum atomic E-state index is 12.5. The van der Waals surface area contributed by atoms with Crippen molar-refractivity contribution >= 4 is 29.4 Å². The summed E-state index contributed by atoms with van der Waals surface area (Å²) < 4.78 is 34.5. The molecule has 2 aromatic rings. The number of nitrogens with zero attached hydrogens (tertiary/aromatic N) is 1. The first kappa shape index (κ1) is 17.7. The number of anilines is 1. The van der Waals surface area contributed by atoms with Crippen LogP contribution in [0.15, 0.2) is 42.6 Å². The Bertz CT molecular complexity index is 737. The highest BCUT2D eigenvalue weighted by atomic mass is 35.5. The second kappa shape index (κ2) is 8.26. The highest BCUT2D eigenvalue weighted by molar-refractivity contribution is 6.30. The fraction of sp³-hybridized carbons (Fsp3) is 0.125. The van der Waals surface area contributed by atoms with Crippen molar-refractivity contribution in [2.24, 2.45) is 0 Å². The van der Waals surface area contributed by atoms with Gasteiger partial charge in [-0.25, -0.2) is 4.98 Å². The van der Waals surface area contributed by atoms with E-state index in [9.17, 15) is 13.6 Å². The molecular weight excluding hydrogens is 342 g/mol. The lowest BCUT2D eigenvalue weighted by Gasteiger charge is -2.12. The zero-order valence-corrected chi connectivity index (χ0v) is 13.3. The molecule has 24 heavy (non-hydrogen) atoms. The number of benzene rings is 1. The summed E-state index contributed by atoms with van der Waals surface area (Å²) in [5.41, 5.74) is 0.272. The average Bonchev–Trinajstić information content (AvgIpc) is 2.55. The Morgan fingerprint density at radius 1 is 1.33 bits per heavy atom. The van der Waals surface area contributed by atoms with E-state index in [0.717, 1.165) is 0 Å². The van der Waals surface area contributed by atoms with Crippen molar-refractivity contribution in [3.63, 3.8) is 0 Å². The van der Waals surface area contributed by atoms with Crippen molar-refractivity contribution in [3.8, 4) is 11.5 Å². The predicted molar refractivity (Wildman–Crippen MR) is 86.5 cm³/mol. The Morgan fingerprint density at radius 3 is 2.75 bits per heavy atom. The van der Waals surface area contributed by atoms with Crippen LogP contribution >= 0.6 is 11.6 Å². The number of carbonyl (C=O) groups excluding carboxylic acids is 1. The quantitative estimate of drug-likeness (QED) is 0.797. The smallest absolute Gasteiger partial charge is 0.387 e. The van der Waals surface area contributed by atoms with Gasteiger partial charge in [0.05, 0.1) is 12.1 Å². The van der Waals surface area contributed by atoms with Gasteiger partial charge in [-0.05, 0) is 24.3 Å². The number of alkyl halides is 2. The third-order valence-corrected chi connectivity index (χ3v) is 3.05. The minimum atomic E-state index is -3.01. The van der Waals surface area contributed by atoms with Crippen LogP contribution in [-0.2, 0) is 4.79 Å². The Balaban J connectivity index is 2.15. The van der Waals surface area contributed by atoms with Gasteiger partial charge in [0, 0.05) is 17.8 Å². The fourth-order valence-corrected chi connectivity index (χ4v) is 1.93. The van der Waals surface area contributed by atoms with Gasteiger partial charge in [-0.3, -0.25) is 4.79 Å². The third kappa shape index (κ3) is 4.92. The van der Waals surface area contributed by atoms with Crippen LogP contribution in [0.5, 0.6) is 11.5 Å². The number of amides is 1. The molecule has 0 bridgehead atoms. The van der Waals surface area contributed by atoms with Crippen molar-refractivity contribution in [2.45, 2.75) is 6.61 Å². The molecule has 0 saturated carbocycles.